The van der Waals surface area contributed by atoms with Gasteiger partial charge in [0.25, 0.3) is 0 Å². The van der Waals surface area contributed by atoms with E-state index in [0.717, 1.165) is 10.6 Å². The van der Waals surface area contributed by atoms with Gasteiger partial charge in [-0.1, -0.05) is 36.4 Å². The first-order valence-electron chi connectivity index (χ1n) is 8.31. The molecule has 1 unspecified atom stereocenters. The molecule has 2 amide bonds. The number of nitrogens with one attached hydrogen (secondary N) is 2. The molecule has 1 aromatic carbocycles. The molecule has 5 nitrogen and oxygen atoms in total. The predicted octanol–water partition coefficient (Wildman–Crippen LogP) is 3.85. The second-order valence-electron chi connectivity index (χ2n) is 5.64. The number of hydrogen-bond acceptors (Lipinski definition) is 5. The van der Waals surface area contributed by atoms with Crippen molar-refractivity contribution in [1.29, 1.82) is 0 Å². The fourth-order valence-electron chi connectivity index (χ4n) is 2.70. The van der Waals surface area contributed by atoms with Gasteiger partial charge in [-0.05, 0) is 23.9 Å². The summed E-state index contributed by atoms with van der Waals surface area (Å²) in [6.07, 6.45) is 0. The van der Waals surface area contributed by atoms with Gasteiger partial charge in [-0.15, -0.1) is 11.3 Å². The van der Waals surface area contributed by atoms with Gasteiger partial charge in [-0.2, -0.15) is 11.8 Å². The van der Waals surface area contributed by atoms with E-state index in [1.165, 1.54) is 16.9 Å². The van der Waals surface area contributed by atoms with Gasteiger partial charge in [0.05, 0.1) is 18.2 Å². The van der Waals surface area contributed by atoms with Crippen LogP contribution in [0.2, 0.25) is 0 Å². The molecule has 26 heavy (non-hydrogen) atoms. The van der Waals surface area contributed by atoms with Gasteiger partial charge in [0, 0.05) is 22.1 Å². The van der Waals surface area contributed by atoms with Gasteiger partial charge in [-0.25, -0.2) is 9.59 Å². The first-order chi connectivity index (χ1) is 12.7. The van der Waals surface area contributed by atoms with Crippen LogP contribution in [0, 0.1) is 0 Å². The van der Waals surface area contributed by atoms with Crippen LogP contribution >= 0.6 is 23.1 Å². The number of esters is 1. The Kier molecular flexibility index (Phi) is 6.35. The fraction of sp³-hybridized carbons (Fsp3) is 0.263. The summed E-state index contributed by atoms with van der Waals surface area (Å²) in [5, 5.41) is 7.56. The van der Waals surface area contributed by atoms with Crippen molar-refractivity contribution in [3.63, 3.8) is 0 Å². The highest BCUT2D eigenvalue weighted by Crippen LogP contribution is 2.32. The molecule has 0 saturated carbocycles. The molecule has 1 aromatic heterocycles. The predicted molar refractivity (Wildman–Crippen MR) is 105 cm³/mol. The molecule has 7 heteroatoms. The highest BCUT2D eigenvalue weighted by Gasteiger charge is 2.34. The fourth-order valence-corrected chi connectivity index (χ4v) is 4.44. The number of amides is 2. The van der Waals surface area contributed by atoms with Crippen molar-refractivity contribution in [2.45, 2.75) is 18.7 Å². The van der Waals surface area contributed by atoms with Crippen molar-refractivity contribution in [2.75, 3.05) is 12.4 Å². The number of thiophene rings is 1. The summed E-state index contributed by atoms with van der Waals surface area (Å²) in [5.74, 6) is 0.930. The van der Waals surface area contributed by atoms with Gasteiger partial charge in [0.1, 0.15) is 0 Å². The Hall–Kier alpha value is -2.25. The van der Waals surface area contributed by atoms with Crippen LogP contribution in [0.5, 0.6) is 0 Å². The molecule has 0 fully saturated rings. The zero-order valence-corrected chi connectivity index (χ0v) is 16.0. The Labute approximate surface area is 160 Å². The third-order valence-electron chi connectivity index (χ3n) is 3.83. The molecule has 1 atom stereocenters. The van der Waals surface area contributed by atoms with E-state index in [1.54, 1.807) is 18.7 Å². The minimum atomic E-state index is -0.477. The van der Waals surface area contributed by atoms with Crippen LogP contribution in [0.25, 0.3) is 0 Å². The first-order valence-corrected chi connectivity index (χ1v) is 10.3. The summed E-state index contributed by atoms with van der Waals surface area (Å²) >= 11 is 3.15. The number of urea groups is 1. The Balaban J connectivity index is 1.83. The van der Waals surface area contributed by atoms with Crippen molar-refractivity contribution in [1.82, 2.24) is 10.6 Å². The number of rotatable bonds is 7. The Morgan fingerprint density at radius 3 is 2.69 bits per heavy atom. The van der Waals surface area contributed by atoms with Crippen molar-refractivity contribution >= 4 is 35.1 Å². The maximum atomic E-state index is 12.6. The van der Waals surface area contributed by atoms with E-state index in [1.807, 2.05) is 35.7 Å². The highest BCUT2D eigenvalue weighted by atomic mass is 32.2. The van der Waals surface area contributed by atoms with Crippen molar-refractivity contribution in [3.8, 4) is 0 Å². The molecule has 1 aliphatic heterocycles. The standard InChI is InChI=1S/C19H20N2O3S2/c1-2-24-18(22)16-14(12-25-11-13-7-4-3-5-8-13)20-19(23)21-17(16)15-9-6-10-26-15/h3-10,17H,2,11-12H2,1H3,(H2,20,21,23). The molecule has 2 heterocycles. The van der Waals surface area contributed by atoms with Crippen molar-refractivity contribution in [3.05, 3.63) is 69.6 Å². The van der Waals surface area contributed by atoms with Crippen LogP contribution in [0.3, 0.4) is 0 Å². The average molecular weight is 389 g/mol. The lowest BCUT2D eigenvalue weighted by molar-refractivity contribution is -0.139. The van der Waals surface area contributed by atoms with Crippen LogP contribution in [0.15, 0.2) is 59.1 Å². The largest absolute Gasteiger partial charge is 0.463 e. The van der Waals surface area contributed by atoms with E-state index in [4.69, 9.17) is 4.74 Å². The van der Waals surface area contributed by atoms with E-state index < -0.39 is 12.0 Å². The Morgan fingerprint density at radius 2 is 2.00 bits per heavy atom. The number of carbonyl (C=O) groups excluding carboxylic acids is 2. The summed E-state index contributed by atoms with van der Waals surface area (Å²) in [6, 6.07) is 13.1. The third kappa shape index (κ3) is 4.47. The highest BCUT2D eigenvalue weighted by molar-refractivity contribution is 7.98. The number of benzene rings is 1. The smallest absolute Gasteiger partial charge is 0.338 e. The van der Waals surface area contributed by atoms with Crippen molar-refractivity contribution < 1.29 is 14.3 Å². The third-order valence-corrected chi connectivity index (χ3v) is 5.80. The number of ether oxygens (including phenoxy) is 1. The maximum Gasteiger partial charge on any atom is 0.338 e. The summed E-state index contributed by atoms with van der Waals surface area (Å²) in [6.45, 7) is 2.06. The van der Waals surface area contributed by atoms with Gasteiger partial charge in [0.2, 0.25) is 0 Å². The summed E-state index contributed by atoms with van der Waals surface area (Å²) in [7, 11) is 0. The first kappa shape index (κ1) is 18.5. The number of thioether (sulfide) groups is 1. The van der Waals surface area contributed by atoms with Crippen LogP contribution in [-0.2, 0) is 15.3 Å². The molecule has 2 N–H and O–H groups in total. The molecule has 0 spiro atoms. The van der Waals surface area contributed by atoms with E-state index in [0.29, 0.717) is 17.0 Å². The summed E-state index contributed by atoms with van der Waals surface area (Å²) in [4.78, 5) is 25.6. The molecular formula is C19H20N2O3S2. The summed E-state index contributed by atoms with van der Waals surface area (Å²) < 4.78 is 5.25. The molecule has 136 valence electrons. The van der Waals surface area contributed by atoms with Crippen LogP contribution in [0.4, 0.5) is 4.79 Å². The average Bonchev–Trinajstić information content (AvgIpc) is 3.17. The lowest BCUT2D eigenvalue weighted by Crippen LogP contribution is -2.46. The zero-order valence-electron chi connectivity index (χ0n) is 14.4. The van der Waals surface area contributed by atoms with Crippen LogP contribution in [-0.4, -0.2) is 24.4 Å². The maximum absolute atomic E-state index is 12.6. The summed E-state index contributed by atoms with van der Waals surface area (Å²) in [5.41, 5.74) is 2.30. The Morgan fingerprint density at radius 1 is 1.19 bits per heavy atom. The topological polar surface area (TPSA) is 67.4 Å². The van der Waals surface area contributed by atoms with Gasteiger partial charge < -0.3 is 15.4 Å². The molecular weight excluding hydrogens is 368 g/mol. The minimum Gasteiger partial charge on any atom is -0.463 e. The Bertz CT molecular complexity index is 788. The number of carbonyl (C=O) groups is 2. The molecule has 0 saturated heterocycles. The lowest BCUT2D eigenvalue weighted by atomic mass is 10.0. The van der Waals surface area contributed by atoms with Gasteiger partial charge in [0.15, 0.2) is 0 Å². The molecule has 3 rings (SSSR count). The SMILES string of the molecule is CCOC(=O)C1=C(CSCc2ccccc2)NC(=O)NC1c1cccs1. The van der Waals surface area contributed by atoms with Crippen molar-refractivity contribution in [2.24, 2.45) is 0 Å². The van der Waals surface area contributed by atoms with E-state index in [9.17, 15) is 9.59 Å². The normalized spacial score (nSPS) is 16.8. The molecule has 0 aliphatic carbocycles. The van der Waals surface area contributed by atoms with E-state index in [-0.39, 0.29) is 12.6 Å². The number of hydrogen-bond donors (Lipinski definition) is 2. The lowest BCUT2D eigenvalue weighted by Gasteiger charge is -2.28. The molecule has 0 radical (unpaired) electrons. The van der Waals surface area contributed by atoms with Gasteiger partial charge in [-0.3, -0.25) is 0 Å². The second-order valence-corrected chi connectivity index (χ2v) is 7.60. The molecule has 2 aromatic rings. The monoisotopic (exact) mass is 388 g/mol. The zero-order chi connectivity index (χ0) is 18.4. The minimum absolute atomic E-state index is 0.290. The second kappa shape index (κ2) is 8.91. The van der Waals surface area contributed by atoms with E-state index in [2.05, 4.69) is 22.8 Å². The molecule has 1 aliphatic rings. The molecule has 0 bridgehead atoms. The van der Waals surface area contributed by atoms with Crippen LogP contribution < -0.4 is 10.6 Å². The van der Waals surface area contributed by atoms with Gasteiger partial charge >= 0.3 is 12.0 Å². The quantitative estimate of drug-likeness (QED) is 0.707. The van der Waals surface area contributed by atoms with Crippen LogP contribution in [0.1, 0.15) is 23.4 Å². The van der Waals surface area contributed by atoms with E-state index >= 15 is 0 Å².